The van der Waals surface area contributed by atoms with Crippen LogP contribution < -0.4 is 4.74 Å². The first-order chi connectivity index (χ1) is 14.8. The van der Waals surface area contributed by atoms with Crippen LogP contribution in [0.25, 0.3) is 0 Å². The number of aliphatic hydroxyl groups excluding tert-OH is 2. The number of fused-ring (bicyclic) bond motifs is 1. The lowest BCUT2D eigenvalue weighted by atomic mass is 9.72. The normalized spacial score (nSPS) is 27.1. The number of benzene rings is 1. The van der Waals surface area contributed by atoms with Crippen molar-refractivity contribution in [3.8, 4) is 5.75 Å². The number of ether oxygens (including phenoxy) is 1. The summed E-state index contributed by atoms with van der Waals surface area (Å²) in [6.07, 6.45) is 3.22. The van der Waals surface area contributed by atoms with E-state index in [0.717, 1.165) is 18.4 Å². The predicted octanol–water partition coefficient (Wildman–Crippen LogP) is 1.60. The van der Waals surface area contributed by atoms with Gasteiger partial charge in [0, 0.05) is 39.5 Å². The second-order valence-corrected chi connectivity index (χ2v) is 9.72. The van der Waals surface area contributed by atoms with Gasteiger partial charge in [0.1, 0.15) is 5.75 Å². The second kappa shape index (κ2) is 9.17. The molecular formula is C24H34N2O5. The topological polar surface area (TPSA) is 90.3 Å². The molecule has 3 aliphatic rings. The predicted molar refractivity (Wildman–Crippen MR) is 115 cm³/mol. The van der Waals surface area contributed by atoms with E-state index in [-0.39, 0.29) is 30.3 Å². The Hall–Kier alpha value is -2.12. The minimum atomic E-state index is -0.920. The highest BCUT2D eigenvalue weighted by atomic mass is 16.5. The molecule has 2 heterocycles. The number of nitrogens with zero attached hydrogens (tertiary/aromatic N) is 2. The molecule has 1 aliphatic carbocycles. The van der Waals surface area contributed by atoms with Crippen molar-refractivity contribution in [3.05, 3.63) is 29.8 Å². The number of aliphatic hydroxyl groups is 2. The van der Waals surface area contributed by atoms with Crippen LogP contribution in [-0.2, 0) is 16.0 Å². The maximum atomic E-state index is 12.7. The third kappa shape index (κ3) is 5.39. The van der Waals surface area contributed by atoms with Crippen molar-refractivity contribution in [2.45, 2.75) is 57.2 Å². The zero-order valence-corrected chi connectivity index (χ0v) is 18.3. The average Bonchev–Trinajstić information content (AvgIpc) is 3.56. The van der Waals surface area contributed by atoms with Crippen molar-refractivity contribution >= 4 is 11.8 Å². The van der Waals surface area contributed by atoms with Crippen LogP contribution in [0.4, 0.5) is 0 Å². The van der Waals surface area contributed by atoms with Gasteiger partial charge < -0.3 is 24.7 Å². The lowest BCUT2D eigenvalue weighted by Crippen LogP contribution is -2.51. The molecule has 1 aromatic carbocycles. The van der Waals surface area contributed by atoms with Gasteiger partial charge in [0.2, 0.25) is 5.91 Å². The fourth-order valence-corrected chi connectivity index (χ4v) is 4.95. The summed E-state index contributed by atoms with van der Waals surface area (Å²) in [7, 11) is 1.76. The standard InChI is InChI=1S/C24H34N2O5/c1-25-16-24(8-10-26(11-9-24)22(29)12-17-6-7-17)14-20(28)19(27)13-18-4-2-3-5-21(18)31-15-23(25)30/h2-5,17,19-20,27-28H,6-16H2,1H3/t19-,20+/m0/s1. The molecule has 2 N–H and O–H groups in total. The number of carbonyl (C=O) groups is 2. The number of carbonyl (C=O) groups excluding carboxylic acids is 2. The molecule has 0 unspecified atom stereocenters. The van der Waals surface area contributed by atoms with Gasteiger partial charge in [0.15, 0.2) is 6.61 Å². The number of para-hydroxylation sites is 1. The lowest BCUT2D eigenvalue weighted by molar-refractivity contribution is -0.139. The van der Waals surface area contributed by atoms with Crippen LogP contribution in [0.5, 0.6) is 5.75 Å². The second-order valence-electron chi connectivity index (χ2n) is 9.72. The van der Waals surface area contributed by atoms with Gasteiger partial charge in [0.05, 0.1) is 12.2 Å². The Morgan fingerprint density at radius 3 is 2.58 bits per heavy atom. The SMILES string of the molecule is CN1CC2(CCN(C(=O)CC3CC3)CC2)C[C@@H](O)[C@@H](O)Cc2ccccc2OCC1=O. The van der Waals surface area contributed by atoms with Crippen molar-refractivity contribution in [3.63, 3.8) is 0 Å². The van der Waals surface area contributed by atoms with E-state index >= 15 is 0 Å². The number of likely N-dealkylation sites (tertiary alicyclic amines) is 1. The highest BCUT2D eigenvalue weighted by molar-refractivity contribution is 5.78. The first kappa shape index (κ1) is 22.1. The molecule has 2 aliphatic heterocycles. The van der Waals surface area contributed by atoms with Crippen molar-refractivity contribution in [2.75, 3.05) is 33.3 Å². The van der Waals surface area contributed by atoms with Crippen LogP contribution >= 0.6 is 0 Å². The van der Waals surface area contributed by atoms with Gasteiger partial charge in [-0.05, 0) is 55.1 Å². The summed E-state index contributed by atoms with van der Waals surface area (Å²) in [6, 6.07) is 7.32. The molecule has 2 atom stereocenters. The highest BCUT2D eigenvalue weighted by Gasteiger charge is 2.41. The van der Waals surface area contributed by atoms with E-state index in [9.17, 15) is 19.8 Å². The molecule has 7 nitrogen and oxygen atoms in total. The molecule has 0 aromatic heterocycles. The van der Waals surface area contributed by atoms with Gasteiger partial charge in [-0.25, -0.2) is 0 Å². The quantitative estimate of drug-likeness (QED) is 0.744. The largest absolute Gasteiger partial charge is 0.483 e. The molecule has 2 amide bonds. The molecule has 0 radical (unpaired) electrons. The Morgan fingerprint density at radius 2 is 1.87 bits per heavy atom. The van der Waals surface area contributed by atoms with Crippen LogP contribution in [0.2, 0.25) is 0 Å². The minimum Gasteiger partial charge on any atom is -0.483 e. The van der Waals surface area contributed by atoms with Gasteiger partial charge in [-0.1, -0.05) is 18.2 Å². The van der Waals surface area contributed by atoms with E-state index in [1.54, 1.807) is 18.0 Å². The van der Waals surface area contributed by atoms with Gasteiger partial charge in [-0.2, -0.15) is 0 Å². The molecule has 1 aromatic rings. The van der Waals surface area contributed by atoms with E-state index in [2.05, 4.69) is 0 Å². The Labute approximate surface area is 184 Å². The maximum Gasteiger partial charge on any atom is 0.260 e. The van der Waals surface area contributed by atoms with Gasteiger partial charge in [-0.15, -0.1) is 0 Å². The van der Waals surface area contributed by atoms with Gasteiger partial charge in [0.25, 0.3) is 5.91 Å². The number of hydrogen-bond acceptors (Lipinski definition) is 5. The number of amides is 2. The summed E-state index contributed by atoms with van der Waals surface area (Å²) in [5, 5.41) is 21.6. The molecule has 1 spiro atoms. The van der Waals surface area contributed by atoms with Crippen molar-refractivity contribution in [1.29, 1.82) is 0 Å². The maximum absolute atomic E-state index is 12.7. The smallest absolute Gasteiger partial charge is 0.260 e. The summed E-state index contributed by atoms with van der Waals surface area (Å²) in [4.78, 5) is 28.9. The van der Waals surface area contributed by atoms with Crippen LogP contribution in [0.15, 0.2) is 24.3 Å². The molecule has 2 fully saturated rings. The fraction of sp³-hybridized carbons (Fsp3) is 0.667. The summed E-state index contributed by atoms with van der Waals surface area (Å²) >= 11 is 0. The average molecular weight is 431 g/mol. The number of piperidine rings is 1. The van der Waals surface area contributed by atoms with E-state index in [1.165, 1.54) is 0 Å². The van der Waals surface area contributed by atoms with Gasteiger partial charge in [-0.3, -0.25) is 9.59 Å². The van der Waals surface area contributed by atoms with E-state index in [0.29, 0.717) is 57.0 Å². The van der Waals surface area contributed by atoms with Crippen molar-refractivity contribution in [2.24, 2.45) is 11.3 Å². The van der Waals surface area contributed by atoms with Gasteiger partial charge >= 0.3 is 0 Å². The molecule has 0 bridgehead atoms. The van der Waals surface area contributed by atoms with Crippen LogP contribution in [0, 0.1) is 11.3 Å². The first-order valence-corrected chi connectivity index (χ1v) is 11.4. The highest BCUT2D eigenvalue weighted by Crippen LogP contribution is 2.39. The molecule has 31 heavy (non-hydrogen) atoms. The zero-order chi connectivity index (χ0) is 22.0. The van der Waals surface area contributed by atoms with Crippen molar-refractivity contribution in [1.82, 2.24) is 9.80 Å². The lowest BCUT2D eigenvalue weighted by Gasteiger charge is -2.45. The fourth-order valence-electron chi connectivity index (χ4n) is 4.95. The Balaban J connectivity index is 1.49. The minimum absolute atomic E-state index is 0.0613. The molecule has 7 heteroatoms. The molecule has 1 saturated carbocycles. The van der Waals surface area contributed by atoms with E-state index in [4.69, 9.17) is 4.74 Å². The summed E-state index contributed by atoms with van der Waals surface area (Å²) < 4.78 is 5.76. The first-order valence-electron chi connectivity index (χ1n) is 11.4. The van der Waals surface area contributed by atoms with E-state index < -0.39 is 12.2 Å². The Morgan fingerprint density at radius 1 is 1.16 bits per heavy atom. The summed E-state index contributed by atoms with van der Waals surface area (Å²) in [5.74, 6) is 1.24. The number of hydrogen-bond donors (Lipinski definition) is 2. The summed E-state index contributed by atoms with van der Waals surface area (Å²) in [5.41, 5.74) is 0.444. The summed E-state index contributed by atoms with van der Waals surface area (Å²) in [6.45, 7) is 1.69. The van der Waals surface area contributed by atoms with Crippen LogP contribution in [0.1, 0.15) is 44.1 Å². The third-order valence-corrected chi connectivity index (χ3v) is 7.17. The molecule has 4 rings (SSSR count). The molecular weight excluding hydrogens is 396 g/mol. The zero-order valence-electron chi connectivity index (χ0n) is 18.3. The Bertz CT molecular complexity index is 801. The number of likely N-dealkylation sites (N-methyl/N-ethyl adjacent to an activating group) is 1. The van der Waals surface area contributed by atoms with Crippen LogP contribution in [-0.4, -0.2) is 77.3 Å². The van der Waals surface area contributed by atoms with Crippen molar-refractivity contribution < 1.29 is 24.5 Å². The van der Waals surface area contributed by atoms with Crippen LogP contribution in [0.3, 0.4) is 0 Å². The Kier molecular flexibility index (Phi) is 6.53. The van der Waals surface area contributed by atoms with E-state index in [1.807, 2.05) is 23.1 Å². The third-order valence-electron chi connectivity index (χ3n) is 7.17. The monoisotopic (exact) mass is 430 g/mol. The number of rotatable bonds is 2. The molecule has 1 saturated heterocycles. The molecule has 170 valence electrons.